The number of ether oxygens (including phenoxy) is 2. The molecule has 0 heterocycles. The molecule has 2 N–H and O–H groups in total. The van der Waals surface area contributed by atoms with Gasteiger partial charge in [0.1, 0.15) is 0 Å². The number of nitrogens with one attached hydrogen (secondary N) is 2. The van der Waals surface area contributed by atoms with Crippen LogP contribution in [0.25, 0.3) is 0 Å². The van der Waals surface area contributed by atoms with Crippen molar-refractivity contribution in [2.75, 3.05) is 19.5 Å². The van der Waals surface area contributed by atoms with Crippen LogP contribution in [-0.2, 0) is 0 Å². The van der Waals surface area contributed by atoms with E-state index in [1.54, 1.807) is 14.2 Å². The van der Waals surface area contributed by atoms with E-state index in [0.29, 0.717) is 22.7 Å². The minimum atomic E-state index is 0.352. The average Bonchev–Trinajstić information content (AvgIpc) is 2.38. The molecule has 0 aliphatic heterocycles. The molecule has 0 aliphatic carbocycles. The van der Waals surface area contributed by atoms with Crippen molar-refractivity contribution >= 4 is 23.0 Å². The molecule has 0 aromatic heterocycles. The molecule has 1 aromatic rings. The van der Waals surface area contributed by atoms with Crippen molar-refractivity contribution in [3.05, 3.63) is 18.2 Å². The van der Waals surface area contributed by atoms with Crippen LogP contribution in [0.1, 0.15) is 20.3 Å². The van der Waals surface area contributed by atoms with E-state index in [4.69, 9.17) is 21.7 Å². The summed E-state index contributed by atoms with van der Waals surface area (Å²) in [4.78, 5) is 0. The predicted molar refractivity (Wildman–Crippen MR) is 78.7 cm³/mol. The van der Waals surface area contributed by atoms with Gasteiger partial charge in [0.2, 0.25) is 0 Å². The van der Waals surface area contributed by atoms with Gasteiger partial charge < -0.3 is 20.1 Å². The van der Waals surface area contributed by atoms with Crippen molar-refractivity contribution in [3.8, 4) is 11.5 Å². The molecule has 0 aliphatic rings. The fourth-order valence-corrected chi connectivity index (χ4v) is 1.73. The van der Waals surface area contributed by atoms with Crippen LogP contribution in [0, 0.1) is 0 Å². The summed E-state index contributed by atoms with van der Waals surface area (Å²) in [5.41, 5.74) is 0.869. The van der Waals surface area contributed by atoms with Gasteiger partial charge in [0.05, 0.1) is 14.2 Å². The van der Waals surface area contributed by atoms with Crippen LogP contribution >= 0.6 is 12.2 Å². The Kier molecular flexibility index (Phi) is 5.71. The van der Waals surface area contributed by atoms with Crippen LogP contribution in [0.3, 0.4) is 0 Å². The largest absolute Gasteiger partial charge is 0.493 e. The van der Waals surface area contributed by atoms with Gasteiger partial charge in [-0.3, -0.25) is 0 Å². The fraction of sp³-hybridized carbons (Fsp3) is 0.462. The predicted octanol–water partition coefficient (Wildman–Crippen LogP) is 2.79. The molecule has 0 amide bonds. The Morgan fingerprint density at radius 3 is 2.50 bits per heavy atom. The molecule has 0 unspecified atom stereocenters. The lowest BCUT2D eigenvalue weighted by molar-refractivity contribution is 0.355. The Balaban J connectivity index is 2.70. The highest BCUT2D eigenvalue weighted by Crippen LogP contribution is 2.29. The van der Waals surface area contributed by atoms with Crippen molar-refractivity contribution in [2.24, 2.45) is 0 Å². The second kappa shape index (κ2) is 7.06. The quantitative estimate of drug-likeness (QED) is 0.804. The molecule has 18 heavy (non-hydrogen) atoms. The zero-order valence-corrected chi connectivity index (χ0v) is 12.1. The molecule has 4 nitrogen and oxygen atoms in total. The lowest BCUT2D eigenvalue weighted by atomic mass is 10.2. The highest BCUT2D eigenvalue weighted by molar-refractivity contribution is 7.80. The molecule has 0 spiro atoms. The molecule has 0 radical (unpaired) electrons. The fourth-order valence-electron chi connectivity index (χ4n) is 1.41. The van der Waals surface area contributed by atoms with Crippen molar-refractivity contribution in [3.63, 3.8) is 0 Å². The van der Waals surface area contributed by atoms with E-state index < -0.39 is 0 Å². The van der Waals surface area contributed by atoms with Crippen molar-refractivity contribution < 1.29 is 9.47 Å². The molecule has 1 rings (SSSR count). The molecular formula is C13H20N2O2S. The lowest BCUT2D eigenvalue weighted by Crippen LogP contribution is -2.35. The van der Waals surface area contributed by atoms with Crippen LogP contribution < -0.4 is 20.1 Å². The number of hydrogen-bond acceptors (Lipinski definition) is 3. The van der Waals surface area contributed by atoms with Gasteiger partial charge in [-0.05, 0) is 37.7 Å². The summed E-state index contributed by atoms with van der Waals surface area (Å²) < 4.78 is 10.4. The smallest absolute Gasteiger partial charge is 0.170 e. The van der Waals surface area contributed by atoms with Crippen LogP contribution in [0.4, 0.5) is 5.69 Å². The summed E-state index contributed by atoms with van der Waals surface area (Å²) in [6.07, 6.45) is 1.02. The van der Waals surface area contributed by atoms with Crippen molar-refractivity contribution in [2.45, 2.75) is 26.3 Å². The topological polar surface area (TPSA) is 42.5 Å². The number of thiocarbonyl (C=S) groups is 1. The number of rotatable bonds is 5. The summed E-state index contributed by atoms with van der Waals surface area (Å²) in [7, 11) is 3.22. The highest BCUT2D eigenvalue weighted by atomic mass is 32.1. The van der Waals surface area contributed by atoms with Gasteiger partial charge in [-0.1, -0.05) is 6.92 Å². The van der Waals surface area contributed by atoms with E-state index in [2.05, 4.69) is 24.5 Å². The summed E-state index contributed by atoms with van der Waals surface area (Å²) in [6.45, 7) is 4.19. The van der Waals surface area contributed by atoms with Crippen LogP contribution in [0.15, 0.2) is 18.2 Å². The number of methoxy groups -OCH3 is 2. The molecule has 0 bridgehead atoms. The zero-order valence-electron chi connectivity index (χ0n) is 11.2. The summed E-state index contributed by atoms with van der Waals surface area (Å²) in [5, 5.41) is 6.92. The molecular weight excluding hydrogens is 248 g/mol. The minimum absolute atomic E-state index is 0.352. The lowest BCUT2D eigenvalue weighted by Gasteiger charge is -2.16. The van der Waals surface area contributed by atoms with Gasteiger partial charge in [-0.2, -0.15) is 0 Å². The Morgan fingerprint density at radius 1 is 1.28 bits per heavy atom. The van der Waals surface area contributed by atoms with E-state index >= 15 is 0 Å². The van der Waals surface area contributed by atoms with Gasteiger partial charge in [0.25, 0.3) is 0 Å². The third-order valence-electron chi connectivity index (χ3n) is 2.63. The van der Waals surface area contributed by atoms with Gasteiger partial charge in [0, 0.05) is 17.8 Å². The standard InChI is InChI=1S/C13H20N2O2S/c1-5-9(2)14-13(18)15-10-6-7-11(16-3)12(8-10)17-4/h6-9H,5H2,1-4H3,(H2,14,15,18)/t9-/m0/s1. The van der Waals surface area contributed by atoms with Gasteiger partial charge >= 0.3 is 0 Å². The highest BCUT2D eigenvalue weighted by Gasteiger charge is 2.06. The molecule has 0 saturated carbocycles. The van der Waals surface area contributed by atoms with Crippen LogP contribution in [0.2, 0.25) is 0 Å². The van der Waals surface area contributed by atoms with E-state index in [1.807, 2.05) is 18.2 Å². The Bertz CT molecular complexity index is 410. The second-order valence-electron chi connectivity index (χ2n) is 3.98. The first-order valence-corrected chi connectivity index (χ1v) is 6.31. The maximum absolute atomic E-state index is 5.23. The first-order chi connectivity index (χ1) is 8.60. The monoisotopic (exact) mass is 268 g/mol. The Hall–Kier alpha value is -1.49. The normalized spacial score (nSPS) is 11.6. The van der Waals surface area contributed by atoms with Crippen molar-refractivity contribution in [1.82, 2.24) is 5.32 Å². The molecule has 5 heteroatoms. The maximum atomic E-state index is 5.23. The second-order valence-corrected chi connectivity index (χ2v) is 4.39. The van der Waals surface area contributed by atoms with Gasteiger partial charge in [-0.15, -0.1) is 0 Å². The Morgan fingerprint density at radius 2 is 1.94 bits per heavy atom. The van der Waals surface area contributed by atoms with E-state index in [0.717, 1.165) is 12.1 Å². The van der Waals surface area contributed by atoms with E-state index in [9.17, 15) is 0 Å². The maximum Gasteiger partial charge on any atom is 0.170 e. The zero-order chi connectivity index (χ0) is 13.5. The Labute approximate surface area is 114 Å². The third-order valence-corrected chi connectivity index (χ3v) is 2.85. The molecule has 0 saturated heterocycles. The van der Waals surface area contributed by atoms with Crippen molar-refractivity contribution in [1.29, 1.82) is 0 Å². The van der Waals surface area contributed by atoms with Crippen LogP contribution in [-0.4, -0.2) is 25.4 Å². The summed E-state index contributed by atoms with van der Waals surface area (Å²) >= 11 is 5.23. The average molecular weight is 268 g/mol. The third kappa shape index (κ3) is 4.07. The molecule has 0 fully saturated rings. The van der Waals surface area contributed by atoms with E-state index in [-0.39, 0.29) is 0 Å². The molecule has 1 aromatic carbocycles. The number of anilines is 1. The van der Waals surface area contributed by atoms with E-state index in [1.165, 1.54) is 0 Å². The molecule has 100 valence electrons. The number of hydrogen-bond donors (Lipinski definition) is 2. The summed E-state index contributed by atoms with van der Waals surface area (Å²) in [5.74, 6) is 1.37. The minimum Gasteiger partial charge on any atom is -0.493 e. The SMILES string of the molecule is CC[C@H](C)NC(=S)Nc1ccc(OC)c(OC)c1. The van der Waals surface area contributed by atoms with Gasteiger partial charge in [-0.25, -0.2) is 0 Å². The molecule has 1 atom stereocenters. The first kappa shape index (κ1) is 14.6. The first-order valence-electron chi connectivity index (χ1n) is 5.90. The van der Waals surface area contributed by atoms with Crippen LogP contribution in [0.5, 0.6) is 11.5 Å². The number of benzene rings is 1. The summed E-state index contributed by atoms with van der Waals surface area (Å²) in [6, 6.07) is 5.94. The van der Waals surface area contributed by atoms with Gasteiger partial charge in [0.15, 0.2) is 16.6 Å².